The van der Waals surface area contributed by atoms with Gasteiger partial charge in [-0.05, 0) is 12.8 Å². The molecule has 0 radical (unpaired) electrons. The Morgan fingerprint density at radius 1 is 0.750 bits per heavy atom. The fourth-order valence-electron chi connectivity index (χ4n) is 1.44. The van der Waals surface area contributed by atoms with Gasteiger partial charge in [-0.3, -0.25) is 0 Å². The van der Waals surface area contributed by atoms with Crippen LogP contribution >= 0.6 is 0 Å². The molecular weight excluding hydrogens is 146 g/mol. The van der Waals surface area contributed by atoms with Crippen molar-refractivity contribution < 1.29 is 4.90 Å². The third-order valence-electron chi connectivity index (χ3n) is 2.28. The van der Waals surface area contributed by atoms with Crippen molar-refractivity contribution in [1.29, 1.82) is 0 Å². The fraction of sp³-hybridized carbons (Fsp3) is 1.00. The Bertz CT molecular complexity index is 79.1. The molecule has 0 unspecified atom stereocenters. The lowest BCUT2D eigenvalue weighted by Crippen LogP contribution is -3.05. The second-order valence-corrected chi connectivity index (χ2v) is 4.08. The zero-order valence-corrected chi connectivity index (χ0v) is 9.16. The average molecular weight is 172 g/mol. The Morgan fingerprint density at radius 3 is 1.75 bits per heavy atom. The van der Waals surface area contributed by atoms with Gasteiger partial charge in [-0.15, -0.1) is 0 Å². The first-order valence-corrected chi connectivity index (χ1v) is 5.56. The molecule has 0 rings (SSSR count). The quantitative estimate of drug-likeness (QED) is 0.533. The maximum atomic E-state index is 2.27. The van der Waals surface area contributed by atoms with E-state index in [-0.39, 0.29) is 0 Å². The van der Waals surface area contributed by atoms with Gasteiger partial charge >= 0.3 is 0 Å². The molecule has 0 aromatic heterocycles. The summed E-state index contributed by atoms with van der Waals surface area (Å²) >= 11 is 0. The van der Waals surface area contributed by atoms with Crippen LogP contribution in [-0.2, 0) is 0 Å². The third-order valence-corrected chi connectivity index (χ3v) is 2.28. The van der Waals surface area contributed by atoms with Gasteiger partial charge in [0.1, 0.15) is 0 Å². The van der Waals surface area contributed by atoms with Crippen molar-refractivity contribution in [3.05, 3.63) is 0 Å². The molecule has 0 bridgehead atoms. The highest BCUT2D eigenvalue weighted by Gasteiger charge is 1.93. The van der Waals surface area contributed by atoms with E-state index in [0.29, 0.717) is 0 Å². The number of unbranched alkanes of at least 4 members (excludes halogenated alkanes) is 6. The van der Waals surface area contributed by atoms with Gasteiger partial charge in [0.15, 0.2) is 0 Å². The van der Waals surface area contributed by atoms with Crippen LogP contribution in [0.25, 0.3) is 0 Å². The molecule has 1 N–H and O–H groups in total. The van der Waals surface area contributed by atoms with Crippen molar-refractivity contribution in [3.63, 3.8) is 0 Å². The fourth-order valence-corrected chi connectivity index (χ4v) is 1.44. The lowest BCUT2D eigenvalue weighted by atomic mass is 10.1. The summed E-state index contributed by atoms with van der Waals surface area (Å²) in [5, 5.41) is 0. The van der Waals surface area contributed by atoms with Crippen LogP contribution in [0.3, 0.4) is 0 Å². The molecule has 0 aromatic rings. The standard InChI is InChI=1S/C11H25N/c1-4-5-6-7-8-9-10-11-12(2)3/h4-11H2,1-3H3/p+1. The first-order valence-electron chi connectivity index (χ1n) is 5.56. The van der Waals surface area contributed by atoms with E-state index in [1.165, 1.54) is 51.5 Å². The summed E-state index contributed by atoms with van der Waals surface area (Å²) in [5.74, 6) is 0. The van der Waals surface area contributed by atoms with E-state index in [2.05, 4.69) is 21.0 Å². The molecule has 1 heteroatoms. The first kappa shape index (κ1) is 12.0. The highest BCUT2D eigenvalue weighted by molar-refractivity contribution is 4.43. The van der Waals surface area contributed by atoms with Crippen LogP contribution in [0.15, 0.2) is 0 Å². The molecule has 0 aliphatic rings. The Hall–Kier alpha value is -0.0400. The van der Waals surface area contributed by atoms with Gasteiger partial charge in [-0.2, -0.15) is 0 Å². The van der Waals surface area contributed by atoms with Crippen molar-refractivity contribution in [2.75, 3.05) is 20.6 Å². The van der Waals surface area contributed by atoms with Crippen LogP contribution in [0, 0.1) is 0 Å². The van der Waals surface area contributed by atoms with Gasteiger partial charge in [-0.1, -0.05) is 39.0 Å². The van der Waals surface area contributed by atoms with Gasteiger partial charge in [0, 0.05) is 0 Å². The Kier molecular flexibility index (Phi) is 9.02. The summed E-state index contributed by atoms with van der Waals surface area (Å²) in [5.41, 5.74) is 0. The van der Waals surface area contributed by atoms with Gasteiger partial charge in [0.25, 0.3) is 0 Å². The Balaban J connectivity index is 2.82. The van der Waals surface area contributed by atoms with Crippen LogP contribution in [-0.4, -0.2) is 20.6 Å². The maximum absolute atomic E-state index is 2.27. The minimum Gasteiger partial charge on any atom is -0.340 e. The Labute approximate surface area is 78.1 Å². The van der Waals surface area contributed by atoms with Crippen molar-refractivity contribution >= 4 is 0 Å². The lowest BCUT2D eigenvalue weighted by Gasteiger charge is -2.06. The van der Waals surface area contributed by atoms with Gasteiger partial charge < -0.3 is 4.90 Å². The van der Waals surface area contributed by atoms with E-state index < -0.39 is 0 Å². The summed E-state index contributed by atoms with van der Waals surface area (Å²) in [6.45, 7) is 3.61. The molecule has 0 spiro atoms. The highest BCUT2D eigenvalue weighted by Crippen LogP contribution is 2.05. The van der Waals surface area contributed by atoms with Crippen LogP contribution in [0.4, 0.5) is 0 Å². The molecule has 0 saturated heterocycles. The predicted octanol–water partition coefficient (Wildman–Crippen LogP) is 1.88. The smallest absolute Gasteiger partial charge is 0.0766 e. The van der Waals surface area contributed by atoms with Crippen LogP contribution in [0.1, 0.15) is 51.9 Å². The predicted molar refractivity (Wildman–Crippen MR) is 55.7 cm³/mol. The molecule has 0 fully saturated rings. The van der Waals surface area contributed by atoms with Crippen LogP contribution in [0.5, 0.6) is 0 Å². The molecule has 0 heterocycles. The SMILES string of the molecule is CCCCCCCCC[NH+](C)C. The molecule has 0 aliphatic heterocycles. The van der Waals surface area contributed by atoms with Gasteiger partial charge in [-0.25, -0.2) is 0 Å². The molecular formula is C11H26N+. The van der Waals surface area contributed by atoms with Crippen LogP contribution in [0.2, 0.25) is 0 Å². The topological polar surface area (TPSA) is 4.44 Å². The third kappa shape index (κ3) is 9.96. The second-order valence-electron chi connectivity index (χ2n) is 4.08. The zero-order valence-electron chi connectivity index (χ0n) is 9.16. The van der Waals surface area contributed by atoms with Gasteiger partial charge in [0.2, 0.25) is 0 Å². The Morgan fingerprint density at radius 2 is 1.25 bits per heavy atom. The number of rotatable bonds is 8. The molecule has 74 valence electrons. The van der Waals surface area contributed by atoms with Gasteiger partial charge in [0.05, 0.1) is 20.6 Å². The number of nitrogens with one attached hydrogen (secondary N) is 1. The van der Waals surface area contributed by atoms with Crippen LogP contribution < -0.4 is 4.90 Å². The van der Waals surface area contributed by atoms with Crippen molar-refractivity contribution in [2.24, 2.45) is 0 Å². The largest absolute Gasteiger partial charge is 0.340 e. The van der Waals surface area contributed by atoms with E-state index in [4.69, 9.17) is 0 Å². The summed E-state index contributed by atoms with van der Waals surface area (Å²) in [4.78, 5) is 1.59. The van der Waals surface area contributed by atoms with Crippen molar-refractivity contribution in [2.45, 2.75) is 51.9 Å². The lowest BCUT2D eigenvalue weighted by molar-refractivity contribution is -0.858. The first-order chi connectivity index (χ1) is 5.77. The number of quaternary nitrogens is 1. The minimum absolute atomic E-state index is 1.34. The molecule has 1 nitrogen and oxygen atoms in total. The molecule has 0 saturated carbocycles. The average Bonchev–Trinajstić information content (AvgIpc) is 2.02. The van der Waals surface area contributed by atoms with E-state index in [1.54, 1.807) is 4.90 Å². The van der Waals surface area contributed by atoms with Crippen molar-refractivity contribution in [1.82, 2.24) is 0 Å². The van der Waals surface area contributed by atoms with E-state index >= 15 is 0 Å². The molecule has 0 aromatic carbocycles. The summed E-state index contributed by atoms with van der Waals surface area (Å²) < 4.78 is 0. The molecule has 12 heavy (non-hydrogen) atoms. The maximum Gasteiger partial charge on any atom is 0.0766 e. The van der Waals surface area contributed by atoms with E-state index in [1.807, 2.05) is 0 Å². The zero-order chi connectivity index (χ0) is 9.23. The number of hydrogen-bond acceptors (Lipinski definition) is 0. The minimum atomic E-state index is 1.34. The summed E-state index contributed by atoms with van der Waals surface area (Å²) in [7, 11) is 4.47. The summed E-state index contributed by atoms with van der Waals surface area (Å²) in [6.07, 6.45) is 10.00. The molecule has 0 atom stereocenters. The molecule has 0 aliphatic carbocycles. The van der Waals surface area contributed by atoms with E-state index in [0.717, 1.165) is 0 Å². The monoisotopic (exact) mass is 172 g/mol. The number of hydrogen-bond donors (Lipinski definition) is 1. The normalized spacial score (nSPS) is 11.0. The molecule has 0 amide bonds. The van der Waals surface area contributed by atoms with E-state index in [9.17, 15) is 0 Å². The highest BCUT2D eigenvalue weighted by atomic mass is 15.0. The second kappa shape index (κ2) is 9.05. The van der Waals surface area contributed by atoms with Crippen molar-refractivity contribution in [3.8, 4) is 0 Å². The summed E-state index contributed by atoms with van der Waals surface area (Å²) in [6, 6.07) is 0.